The Morgan fingerprint density at radius 2 is 1.86 bits per heavy atom. The average Bonchev–Trinajstić information content (AvgIpc) is 2.75. The molecule has 0 bridgehead atoms. The number of fused-ring (bicyclic) bond motifs is 1. The van der Waals surface area contributed by atoms with Crippen LogP contribution in [0.15, 0.2) is 0 Å². The van der Waals surface area contributed by atoms with Gasteiger partial charge in [-0.3, -0.25) is 0 Å². The highest BCUT2D eigenvalue weighted by Gasteiger charge is 2.14. The minimum Gasteiger partial charge on any atom is -0.368 e. The maximum absolute atomic E-state index is 4.62. The number of rotatable bonds is 4. The number of thiophene rings is 1. The minimum absolute atomic E-state index is 0.851. The number of aryl methyl sites for hydroxylation is 3. The summed E-state index contributed by atoms with van der Waals surface area (Å²) in [6.07, 6.45) is 4.09. The molecule has 0 radical (unpaired) electrons. The van der Waals surface area contributed by atoms with Crippen molar-refractivity contribution in [1.82, 2.24) is 14.9 Å². The molecule has 0 atom stereocenters. The summed E-state index contributed by atoms with van der Waals surface area (Å²) in [5.41, 5.74) is 1.32. The lowest BCUT2D eigenvalue weighted by Crippen LogP contribution is -2.33. The quantitative estimate of drug-likeness (QED) is 0.938. The number of nitrogens with one attached hydrogen (secondary N) is 1. The molecule has 0 aromatic carbocycles. The van der Waals surface area contributed by atoms with Crippen LogP contribution in [0.2, 0.25) is 0 Å². The van der Waals surface area contributed by atoms with E-state index in [2.05, 4.69) is 34.0 Å². The summed E-state index contributed by atoms with van der Waals surface area (Å²) in [6.45, 7) is 10.9. The van der Waals surface area contributed by atoms with Crippen molar-refractivity contribution >= 4 is 27.4 Å². The number of hydrogen-bond donors (Lipinski definition) is 1. The van der Waals surface area contributed by atoms with Crippen molar-refractivity contribution in [2.75, 3.05) is 31.5 Å². The van der Waals surface area contributed by atoms with E-state index in [0.29, 0.717) is 0 Å². The van der Waals surface area contributed by atoms with Crippen molar-refractivity contribution in [3.8, 4) is 0 Å². The van der Waals surface area contributed by atoms with E-state index in [0.717, 1.165) is 29.6 Å². The maximum Gasteiger partial charge on any atom is 0.138 e. The molecule has 2 aromatic rings. The lowest BCUT2D eigenvalue weighted by atomic mass is 10.1. The van der Waals surface area contributed by atoms with Gasteiger partial charge in [-0.2, -0.15) is 0 Å². The molecule has 0 amide bonds. The number of nitrogens with zero attached hydrogens (tertiary/aromatic N) is 3. The molecule has 3 heterocycles. The van der Waals surface area contributed by atoms with Crippen LogP contribution in [-0.2, 0) is 0 Å². The second kappa shape index (κ2) is 6.28. The molecule has 114 valence electrons. The summed E-state index contributed by atoms with van der Waals surface area (Å²) in [5.74, 6) is 1.86. The van der Waals surface area contributed by atoms with Crippen LogP contribution in [0, 0.1) is 20.8 Å². The fourth-order valence-electron chi connectivity index (χ4n) is 3.00. The molecule has 0 aliphatic carbocycles. The standard InChI is InChI=1S/C16H24N4S/c1-11-12(2)21-16-14(11)15(18-13(3)19-16)17-7-10-20-8-5-4-6-9-20/h4-10H2,1-3H3,(H,17,18,19). The second-order valence-electron chi connectivity index (χ2n) is 5.91. The second-order valence-corrected chi connectivity index (χ2v) is 7.12. The molecule has 4 nitrogen and oxygen atoms in total. The Kier molecular flexibility index (Phi) is 4.40. The largest absolute Gasteiger partial charge is 0.368 e. The molecular formula is C16H24N4S. The number of likely N-dealkylation sites (tertiary alicyclic amines) is 1. The van der Waals surface area contributed by atoms with Crippen LogP contribution >= 0.6 is 11.3 Å². The average molecular weight is 304 g/mol. The molecule has 1 aliphatic rings. The molecule has 0 saturated carbocycles. The van der Waals surface area contributed by atoms with E-state index >= 15 is 0 Å². The highest BCUT2D eigenvalue weighted by Crippen LogP contribution is 2.33. The van der Waals surface area contributed by atoms with E-state index in [9.17, 15) is 0 Å². The first kappa shape index (κ1) is 14.7. The Morgan fingerprint density at radius 1 is 1.10 bits per heavy atom. The van der Waals surface area contributed by atoms with Crippen molar-refractivity contribution in [3.63, 3.8) is 0 Å². The first-order chi connectivity index (χ1) is 10.1. The van der Waals surface area contributed by atoms with Gasteiger partial charge in [0.2, 0.25) is 0 Å². The SMILES string of the molecule is Cc1nc(NCCN2CCCCC2)c2c(C)c(C)sc2n1. The predicted molar refractivity (Wildman–Crippen MR) is 90.4 cm³/mol. The number of hydrogen-bond acceptors (Lipinski definition) is 5. The van der Waals surface area contributed by atoms with Crippen molar-refractivity contribution in [1.29, 1.82) is 0 Å². The van der Waals surface area contributed by atoms with Gasteiger partial charge in [-0.15, -0.1) is 11.3 Å². The van der Waals surface area contributed by atoms with Gasteiger partial charge in [-0.25, -0.2) is 9.97 Å². The van der Waals surface area contributed by atoms with E-state index in [4.69, 9.17) is 0 Å². The Balaban J connectivity index is 1.73. The van der Waals surface area contributed by atoms with Crippen molar-refractivity contribution < 1.29 is 0 Å². The van der Waals surface area contributed by atoms with Gasteiger partial charge in [0.1, 0.15) is 16.5 Å². The summed E-state index contributed by atoms with van der Waals surface area (Å²) < 4.78 is 0. The van der Waals surface area contributed by atoms with E-state index in [1.54, 1.807) is 11.3 Å². The lowest BCUT2D eigenvalue weighted by molar-refractivity contribution is 0.237. The summed E-state index contributed by atoms with van der Waals surface area (Å²) in [4.78, 5) is 14.2. The third-order valence-corrected chi connectivity index (χ3v) is 5.41. The molecule has 1 N–H and O–H groups in total. The molecule has 0 spiro atoms. The summed E-state index contributed by atoms with van der Waals surface area (Å²) in [7, 11) is 0. The monoisotopic (exact) mass is 304 g/mol. The van der Waals surface area contributed by atoms with Gasteiger partial charge in [0.15, 0.2) is 0 Å². The Bertz CT molecular complexity index is 629. The van der Waals surface area contributed by atoms with E-state index in [1.807, 2.05) is 6.92 Å². The molecule has 1 saturated heterocycles. The van der Waals surface area contributed by atoms with Crippen LogP contribution in [0.4, 0.5) is 5.82 Å². The molecular weight excluding hydrogens is 280 g/mol. The minimum atomic E-state index is 0.851. The first-order valence-electron chi connectivity index (χ1n) is 7.85. The number of piperidine rings is 1. The van der Waals surface area contributed by atoms with Gasteiger partial charge in [0.25, 0.3) is 0 Å². The summed E-state index contributed by atoms with van der Waals surface area (Å²) >= 11 is 1.77. The molecule has 1 fully saturated rings. The lowest BCUT2D eigenvalue weighted by Gasteiger charge is -2.26. The zero-order valence-corrected chi connectivity index (χ0v) is 14.0. The first-order valence-corrected chi connectivity index (χ1v) is 8.67. The Labute approximate surface area is 130 Å². The van der Waals surface area contributed by atoms with Crippen LogP contribution in [0.3, 0.4) is 0 Å². The van der Waals surface area contributed by atoms with Gasteiger partial charge >= 0.3 is 0 Å². The normalized spacial score (nSPS) is 16.5. The Hall–Kier alpha value is -1.20. The predicted octanol–water partition coefficient (Wildman–Crippen LogP) is 3.51. The summed E-state index contributed by atoms with van der Waals surface area (Å²) in [5, 5.41) is 4.75. The van der Waals surface area contributed by atoms with Crippen molar-refractivity contribution in [3.05, 3.63) is 16.3 Å². The number of anilines is 1. The van der Waals surface area contributed by atoms with Crippen molar-refractivity contribution in [2.45, 2.75) is 40.0 Å². The van der Waals surface area contributed by atoms with Crippen LogP contribution in [-0.4, -0.2) is 41.0 Å². The van der Waals surface area contributed by atoms with Crippen LogP contribution in [0.1, 0.15) is 35.5 Å². The molecule has 5 heteroatoms. The third kappa shape index (κ3) is 3.19. The summed E-state index contributed by atoms with van der Waals surface area (Å²) in [6, 6.07) is 0. The zero-order chi connectivity index (χ0) is 14.8. The highest BCUT2D eigenvalue weighted by atomic mass is 32.1. The Morgan fingerprint density at radius 3 is 2.62 bits per heavy atom. The van der Waals surface area contributed by atoms with E-state index in [1.165, 1.54) is 48.2 Å². The zero-order valence-electron chi connectivity index (χ0n) is 13.2. The van der Waals surface area contributed by atoms with Gasteiger partial charge < -0.3 is 10.2 Å². The van der Waals surface area contributed by atoms with Crippen LogP contribution < -0.4 is 5.32 Å². The fraction of sp³-hybridized carbons (Fsp3) is 0.625. The van der Waals surface area contributed by atoms with Gasteiger partial charge in [0.05, 0.1) is 5.39 Å². The fourth-order valence-corrected chi connectivity index (χ4v) is 4.07. The van der Waals surface area contributed by atoms with E-state index < -0.39 is 0 Å². The van der Waals surface area contributed by atoms with Crippen LogP contribution in [0.5, 0.6) is 0 Å². The van der Waals surface area contributed by atoms with Crippen molar-refractivity contribution in [2.24, 2.45) is 0 Å². The molecule has 1 aliphatic heterocycles. The molecule has 21 heavy (non-hydrogen) atoms. The molecule has 2 aromatic heterocycles. The topological polar surface area (TPSA) is 41.1 Å². The van der Waals surface area contributed by atoms with Gasteiger partial charge in [-0.1, -0.05) is 6.42 Å². The van der Waals surface area contributed by atoms with Crippen LogP contribution in [0.25, 0.3) is 10.2 Å². The third-order valence-electron chi connectivity index (χ3n) is 4.31. The molecule has 3 rings (SSSR count). The van der Waals surface area contributed by atoms with Gasteiger partial charge in [0, 0.05) is 18.0 Å². The van der Waals surface area contributed by atoms with E-state index in [-0.39, 0.29) is 0 Å². The highest BCUT2D eigenvalue weighted by molar-refractivity contribution is 7.18. The van der Waals surface area contributed by atoms with Gasteiger partial charge in [-0.05, 0) is 52.3 Å². The number of aromatic nitrogens is 2. The maximum atomic E-state index is 4.62. The smallest absolute Gasteiger partial charge is 0.138 e. The molecule has 0 unspecified atom stereocenters.